The lowest BCUT2D eigenvalue weighted by molar-refractivity contribution is -0.147. The number of rotatable bonds is 5. The molecule has 1 fully saturated rings. The number of hydrogen-bond acceptors (Lipinski definition) is 7. The maximum atomic E-state index is 13.4. The molecule has 1 aliphatic rings. The molecule has 1 saturated carbocycles. The number of nitrogens with zero attached hydrogens (tertiary/aromatic N) is 6. The monoisotopic (exact) mass is 521 g/mol. The van der Waals surface area contributed by atoms with Gasteiger partial charge in [-0.2, -0.15) is 13.2 Å². The molecule has 14 heteroatoms. The quantitative estimate of drug-likeness (QED) is 0.411. The van der Waals surface area contributed by atoms with Crippen LogP contribution in [0.25, 0.3) is 16.7 Å². The molecule has 5 rings (SSSR count). The van der Waals surface area contributed by atoms with Crippen LogP contribution in [-0.4, -0.2) is 54.1 Å². The van der Waals surface area contributed by atoms with E-state index in [0.717, 1.165) is 17.6 Å². The zero-order valence-corrected chi connectivity index (χ0v) is 19.8. The number of ether oxygens (including phenoxy) is 1. The van der Waals surface area contributed by atoms with Crippen molar-refractivity contribution in [3.63, 3.8) is 0 Å². The van der Waals surface area contributed by atoms with Gasteiger partial charge in [-0.15, -0.1) is 5.10 Å². The fraction of sp³-hybridized carbons (Fsp3) is 0.435. The van der Waals surface area contributed by atoms with Crippen molar-refractivity contribution in [1.82, 2.24) is 34.0 Å². The maximum Gasteiger partial charge on any atom is 0.407 e. The summed E-state index contributed by atoms with van der Waals surface area (Å²) in [7, 11) is 1.24. The molecule has 11 nitrogen and oxygen atoms in total. The zero-order valence-electron chi connectivity index (χ0n) is 22.8. The van der Waals surface area contributed by atoms with Crippen molar-refractivity contribution in [1.29, 1.82) is 0 Å². The molecular weight excluding hydrogens is 493 g/mol. The number of hydrogen-bond donors (Lipinski definition) is 2. The summed E-state index contributed by atoms with van der Waals surface area (Å²) < 4.78 is 71.5. The zero-order chi connectivity index (χ0) is 29.0. The molecule has 3 atom stereocenters. The van der Waals surface area contributed by atoms with E-state index in [2.05, 4.69) is 30.4 Å². The van der Waals surface area contributed by atoms with Gasteiger partial charge in [0.1, 0.15) is 5.82 Å². The summed E-state index contributed by atoms with van der Waals surface area (Å²) in [4.78, 5) is 33.2. The predicted molar refractivity (Wildman–Crippen MR) is 128 cm³/mol. The first kappa shape index (κ1) is 21.0. The van der Waals surface area contributed by atoms with Crippen molar-refractivity contribution in [3.05, 3.63) is 46.8 Å². The third-order valence-corrected chi connectivity index (χ3v) is 6.62. The largest absolute Gasteiger partial charge is 0.453 e. The van der Waals surface area contributed by atoms with Crippen LogP contribution in [0, 0.1) is 0 Å². The Hall–Kier alpha value is -4.10. The highest BCUT2D eigenvalue weighted by Crippen LogP contribution is 2.35. The molecule has 4 heterocycles. The number of imidazole rings is 2. The number of carbonyl (C=O) groups is 1. The molecule has 0 aromatic carbocycles. The molecule has 0 bridgehead atoms. The van der Waals surface area contributed by atoms with Gasteiger partial charge < -0.3 is 15.4 Å². The molecule has 1 unspecified atom stereocenters. The van der Waals surface area contributed by atoms with Crippen LogP contribution in [-0.2, 0) is 11.7 Å². The van der Waals surface area contributed by atoms with Crippen LogP contribution in [0.5, 0.6) is 0 Å². The van der Waals surface area contributed by atoms with Gasteiger partial charge in [-0.25, -0.2) is 24.1 Å². The molecule has 4 aromatic rings. The summed E-state index contributed by atoms with van der Waals surface area (Å²) in [6.07, 6.45) is -1.30. The Morgan fingerprint density at radius 1 is 1.22 bits per heavy atom. The van der Waals surface area contributed by atoms with Gasteiger partial charge in [-0.3, -0.25) is 9.13 Å². The second kappa shape index (κ2) is 9.09. The number of fused-ring (bicyclic) bond motifs is 2. The number of nitrogens with one attached hydrogen (secondary N) is 2. The second-order valence-electron chi connectivity index (χ2n) is 8.91. The lowest BCUT2D eigenvalue weighted by Gasteiger charge is -2.15. The highest BCUT2D eigenvalue weighted by atomic mass is 19.4. The lowest BCUT2D eigenvalue weighted by atomic mass is 10.1. The van der Waals surface area contributed by atoms with E-state index in [-0.39, 0.29) is 40.1 Å². The first-order chi connectivity index (χ1) is 18.8. The topological polar surface area (TPSA) is 120 Å². The number of alkyl carbamates (subject to hydrolysis) is 1. The minimum atomic E-state index is -4.49. The molecule has 1 amide bonds. The Morgan fingerprint density at radius 3 is 2.76 bits per heavy atom. The van der Waals surface area contributed by atoms with E-state index in [9.17, 15) is 22.8 Å². The van der Waals surface area contributed by atoms with Crippen LogP contribution in [0.3, 0.4) is 0 Å². The summed E-state index contributed by atoms with van der Waals surface area (Å²) in [5, 5.41) is 9.87. The number of aryl methyl sites for hydroxylation is 1. The van der Waals surface area contributed by atoms with Crippen molar-refractivity contribution in [2.45, 2.75) is 50.4 Å². The van der Waals surface area contributed by atoms with E-state index in [4.69, 9.17) is 4.11 Å². The average Bonchev–Trinajstić information content (AvgIpc) is 3.57. The van der Waals surface area contributed by atoms with Crippen molar-refractivity contribution < 1.29 is 26.8 Å². The lowest BCUT2D eigenvalue weighted by Crippen LogP contribution is -2.33. The fourth-order valence-corrected chi connectivity index (χ4v) is 4.64. The molecular formula is C23H25F3N8O3. The number of aromatic nitrogens is 6. The number of halogens is 3. The highest BCUT2D eigenvalue weighted by molar-refractivity contribution is 5.79. The molecule has 0 radical (unpaired) electrons. The molecule has 0 aliphatic heterocycles. The predicted octanol–water partition coefficient (Wildman–Crippen LogP) is 3.64. The van der Waals surface area contributed by atoms with E-state index in [0.29, 0.717) is 23.8 Å². The summed E-state index contributed by atoms with van der Waals surface area (Å²) in [6, 6.07) is 3.81. The van der Waals surface area contributed by atoms with Crippen LogP contribution < -0.4 is 16.3 Å². The SMILES string of the molecule is [2H]C([2H])([2H])n1c(=O)n([C@@H]2CC[C@@H](NC(=O)OC)C2)c2cc(Nc3ccc4ncc(C(C)C(F)(F)F)n4n3)ncc21. The third-order valence-electron chi connectivity index (χ3n) is 6.62. The molecule has 196 valence electrons. The van der Waals surface area contributed by atoms with E-state index in [1.165, 1.54) is 36.1 Å². The Morgan fingerprint density at radius 2 is 2.03 bits per heavy atom. The molecule has 37 heavy (non-hydrogen) atoms. The normalized spacial score (nSPS) is 20.4. The van der Waals surface area contributed by atoms with Gasteiger partial charge >= 0.3 is 18.0 Å². The number of methoxy groups -OCH3 is 1. The number of carbonyl (C=O) groups excluding carboxylic acids is 1. The minimum absolute atomic E-state index is 0.0826. The maximum absolute atomic E-state index is 13.4. The van der Waals surface area contributed by atoms with Gasteiger partial charge in [0.25, 0.3) is 0 Å². The van der Waals surface area contributed by atoms with Crippen molar-refractivity contribution >= 4 is 34.4 Å². The first-order valence-electron chi connectivity index (χ1n) is 12.9. The van der Waals surface area contributed by atoms with Gasteiger partial charge in [-0.1, -0.05) is 0 Å². The second-order valence-corrected chi connectivity index (χ2v) is 8.91. The average molecular weight is 522 g/mol. The Bertz CT molecular complexity index is 1650. The number of alkyl halides is 3. The number of amides is 1. The number of anilines is 2. The summed E-state index contributed by atoms with van der Waals surface area (Å²) in [6.45, 7) is -1.76. The fourth-order valence-electron chi connectivity index (χ4n) is 4.64. The Labute approximate surface area is 212 Å². The standard InChI is InChI=1S/C23H25F3N8O3/c1-12(23(24,25)26)16-10-28-20-7-6-18(31-34(16)20)30-19-9-15-17(11-27-19)32(2)22(36)33(15)14-5-4-13(8-14)29-21(35)37-3/h6-7,9-14H,4-5,8H2,1-3H3,(H,29,35)(H,27,30,31)/t12?,13-,14-/m1/s1/i2D3. The summed E-state index contributed by atoms with van der Waals surface area (Å²) in [5.41, 5.74) is -0.299. The molecule has 0 spiro atoms. The van der Waals surface area contributed by atoms with Crippen molar-refractivity contribution in [2.24, 2.45) is 6.98 Å². The molecule has 2 N–H and O–H groups in total. The van der Waals surface area contributed by atoms with Gasteiger partial charge in [-0.05, 0) is 38.3 Å². The number of pyridine rings is 1. The Balaban J connectivity index is 1.53. The van der Waals surface area contributed by atoms with Gasteiger partial charge in [0.2, 0.25) is 0 Å². The van der Waals surface area contributed by atoms with Crippen molar-refractivity contribution in [2.75, 3.05) is 12.4 Å². The van der Waals surface area contributed by atoms with Gasteiger partial charge in [0, 0.05) is 29.2 Å². The van der Waals surface area contributed by atoms with Crippen LogP contribution in [0.1, 0.15) is 48.0 Å². The van der Waals surface area contributed by atoms with E-state index < -0.39 is 36.9 Å². The Kier molecular flexibility index (Phi) is 5.16. The van der Waals surface area contributed by atoms with Crippen LogP contribution in [0.2, 0.25) is 0 Å². The molecule has 0 saturated heterocycles. The van der Waals surface area contributed by atoms with Crippen LogP contribution in [0.15, 0.2) is 35.4 Å². The van der Waals surface area contributed by atoms with E-state index >= 15 is 0 Å². The smallest absolute Gasteiger partial charge is 0.407 e. The van der Waals surface area contributed by atoms with Crippen LogP contribution >= 0.6 is 0 Å². The molecule has 1 aliphatic carbocycles. The third kappa shape index (κ3) is 4.47. The van der Waals surface area contributed by atoms with E-state index in [1.54, 1.807) is 0 Å². The van der Waals surface area contributed by atoms with Crippen molar-refractivity contribution in [3.8, 4) is 0 Å². The molecule has 4 aromatic heterocycles. The summed E-state index contributed by atoms with van der Waals surface area (Å²) in [5.74, 6) is -1.47. The van der Waals surface area contributed by atoms with Crippen LogP contribution in [0.4, 0.5) is 29.6 Å². The van der Waals surface area contributed by atoms with E-state index in [1.807, 2.05) is 0 Å². The highest BCUT2D eigenvalue weighted by Gasteiger charge is 2.39. The summed E-state index contributed by atoms with van der Waals surface area (Å²) >= 11 is 0. The van der Waals surface area contributed by atoms with Gasteiger partial charge in [0.05, 0.1) is 42.1 Å². The minimum Gasteiger partial charge on any atom is -0.453 e. The first-order valence-corrected chi connectivity index (χ1v) is 11.4. The van der Waals surface area contributed by atoms with Gasteiger partial charge in [0.15, 0.2) is 11.5 Å².